The summed E-state index contributed by atoms with van der Waals surface area (Å²) < 4.78 is 27.3. The molecule has 0 amide bonds. The third-order valence-electron chi connectivity index (χ3n) is 3.35. The number of rotatable bonds is 7. The van der Waals surface area contributed by atoms with Crippen molar-refractivity contribution in [3.63, 3.8) is 0 Å². The first-order valence-electron chi connectivity index (χ1n) is 7.65. The molecule has 0 radical (unpaired) electrons. The van der Waals surface area contributed by atoms with Crippen LogP contribution in [0.1, 0.15) is 19.4 Å². The average Bonchev–Trinajstić information content (AvgIpc) is 2.35. The van der Waals surface area contributed by atoms with Crippen molar-refractivity contribution in [3.05, 3.63) is 42.0 Å². The minimum Gasteiger partial charge on any atom is -0.210 e. The summed E-state index contributed by atoms with van der Waals surface area (Å²) in [4.78, 5) is 0.319. The summed E-state index contributed by atoms with van der Waals surface area (Å²) in [6.07, 6.45) is 4.33. The molecule has 1 N–H and O–H groups in total. The molecule has 1 aromatic rings. The van der Waals surface area contributed by atoms with E-state index in [9.17, 15) is 8.42 Å². The SMILES string of the molecule is Cc1ccc(S(=O)(=O)NCC(C)(C)/C=C/C[Si](C)(C)C)cc1. The maximum atomic E-state index is 12.3. The molecule has 5 heteroatoms. The van der Waals surface area contributed by atoms with Crippen LogP contribution >= 0.6 is 0 Å². The maximum absolute atomic E-state index is 12.3. The highest BCUT2D eigenvalue weighted by Gasteiger charge is 2.20. The molecule has 0 unspecified atom stereocenters. The number of nitrogens with one attached hydrogen (secondary N) is 1. The fourth-order valence-corrected chi connectivity index (χ4v) is 3.92. The fourth-order valence-electron chi connectivity index (χ4n) is 1.87. The highest BCUT2D eigenvalue weighted by Crippen LogP contribution is 2.19. The molecular formula is C17H29NO2SSi. The van der Waals surface area contributed by atoms with Crippen molar-refractivity contribution in [3.8, 4) is 0 Å². The highest BCUT2D eigenvalue weighted by atomic mass is 32.2. The van der Waals surface area contributed by atoms with Crippen molar-refractivity contribution in [2.45, 2.75) is 51.4 Å². The van der Waals surface area contributed by atoms with Gasteiger partial charge in [0.15, 0.2) is 0 Å². The van der Waals surface area contributed by atoms with Gasteiger partial charge in [0, 0.05) is 14.6 Å². The molecule has 0 atom stereocenters. The van der Waals surface area contributed by atoms with Crippen molar-refractivity contribution < 1.29 is 8.42 Å². The monoisotopic (exact) mass is 339 g/mol. The van der Waals surface area contributed by atoms with E-state index in [1.807, 2.05) is 32.9 Å². The van der Waals surface area contributed by atoms with Gasteiger partial charge in [0.1, 0.15) is 0 Å². The predicted molar refractivity (Wildman–Crippen MR) is 97.4 cm³/mol. The van der Waals surface area contributed by atoms with Gasteiger partial charge in [0.2, 0.25) is 10.0 Å². The van der Waals surface area contributed by atoms with E-state index in [0.717, 1.165) is 11.6 Å². The molecule has 0 aliphatic heterocycles. The van der Waals surface area contributed by atoms with Crippen LogP contribution in [0.3, 0.4) is 0 Å². The number of hydrogen-bond donors (Lipinski definition) is 1. The zero-order chi connectivity index (χ0) is 17.0. The minimum atomic E-state index is -3.44. The molecule has 0 heterocycles. The lowest BCUT2D eigenvalue weighted by Crippen LogP contribution is -2.33. The summed E-state index contributed by atoms with van der Waals surface area (Å²) in [5.74, 6) is 0. The molecular weight excluding hydrogens is 310 g/mol. The Balaban J connectivity index is 2.69. The van der Waals surface area contributed by atoms with Crippen LogP contribution < -0.4 is 4.72 Å². The van der Waals surface area contributed by atoms with E-state index in [4.69, 9.17) is 0 Å². The van der Waals surface area contributed by atoms with E-state index in [1.54, 1.807) is 12.1 Å². The molecule has 0 aliphatic rings. The molecule has 0 spiro atoms. The molecule has 3 nitrogen and oxygen atoms in total. The van der Waals surface area contributed by atoms with E-state index in [2.05, 4.69) is 36.5 Å². The predicted octanol–water partition coefficient (Wildman–Crippen LogP) is 4.19. The van der Waals surface area contributed by atoms with Crippen molar-refractivity contribution in [1.29, 1.82) is 0 Å². The highest BCUT2D eigenvalue weighted by molar-refractivity contribution is 7.89. The van der Waals surface area contributed by atoms with Crippen molar-refractivity contribution in [2.75, 3.05) is 6.54 Å². The molecule has 0 aliphatic carbocycles. The van der Waals surface area contributed by atoms with Crippen LogP contribution in [0.15, 0.2) is 41.3 Å². The summed E-state index contributed by atoms with van der Waals surface area (Å²) in [6, 6.07) is 8.03. The van der Waals surface area contributed by atoms with E-state index < -0.39 is 18.1 Å². The third kappa shape index (κ3) is 6.90. The van der Waals surface area contributed by atoms with Crippen molar-refractivity contribution in [2.24, 2.45) is 5.41 Å². The Bertz CT molecular complexity index is 611. The average molecular weight is 340 g/mol. The molecule has 0 saturated carbocycles. The zero-order valence-electron chi connectivity index (χ0n) is 14.6. The van der Waals surface area contributed by atoms with Gasteiger partial charge in [-0.05, 0) is 30.5 Å². The Morgan fingerprint density at radius 2 is 1.68 bits per heavy atom. The number of hydrogen-bond acceptors (Lipinski definition) is 2. The zero-order valence-corrected chi connectivity index (χ0v) is 16.4. The Kier molecular flexibility index (Phi) is 6.18. The Morgan fingerprint density at radius 1 is 1.14 bits per heavy atom. The fraction of sp³-hybridized carbons (Fsp3) is 0.529. The third-order valence-corrected chi connectivity index (χ3v) is 6.23. The summed E-state index contributed by atoms with van der Waals surface area (Å²) in [6.45, 7) is 13.4. The van der Waals surface area contributed by atoms with Gasteiger partial charge in [-0.1, -0.05) is 63.3 Å². The first-order valence-corrected chi connectivity index (χ1v) is 12.8. The molecule has 0 aromatic heterocycles. The Morgan fingerprint density at radius 3 is 2.18 bits per heavy atom. The van der Waals surface area contributed by atoms with Crippen LogP contribution in [0, 0.1) is 12.3 Å². The van der Waals surface area contributed by atoms with Crippen LogP contribution in [0.2, 0.25) is 25.7 Å². The van der Waals surface area contributed by atoms with E-state index in [0.29, 0.717) is 11.4 Å². The Hall–Kier alpha value is -0.913. The standard InChI is InChI=1S/C17H29NO2SSi/c1-15-8-10-16(11-9-15)21(19,20)18-14-17(2,3)12-7-13-22(4,5)6/h7-12,18H,13-14H2,1-6H3/b12-7+. The van der Waals surface area contributed by atoms with E-state index >= 15 is 0 Å². The summed E-state index contributed by atoms with van der Waals surface area (Å²) >= 11 is 0. The molecule has 1 rings (SSSR count). The first kappa shape index (κ1) is 19.1. The van der Waals surface area contributed by atoms with Crippen LogP contribution in [0.25, 0.3) is 0 Å². The summed E-state index contributed by atoms with van der Waals surface area (Å²) in [5, 5.41) is 0. The van der Waals surface area contributed by atoms with Gasteiger partial charge >= 0.3 is 0 Å². The number of benzene rings is 1. The van der Waals surface area contributed by atoms with Gasteiger partial charge in [0.05, 0.1) is 4.90 Å². The number of allylic oxidation sites excluding steroid dienone is 1. The second kappa shape index (κ2) is 7.11. The lowest BCUT2D eigenvalue weighted by molar-refractivity contribution is 0.465. The molecule has 0 saturated heterocycles. The number of sulfonamides is 1. The van der Waals surface area contributed by atoms with Gasteiger partial charge < -0.3 is 0 Å². The smallest absolute Gasteiger partial charge is 0.210 e. The van der Waals surface area contributed by atoms with Crippen LogP contribution in [0.4, 0.5) is 0 Å². The minimum absolute atomic E-state index is 0.197. The normalized spacial score (nSPS) is 13.7. The lowest BCUT2D eigenvalue weighted by Gasteiger charge is -2.22. The second-order valence-electron chi connectivity index (χ2n) is 7.79. The van der Waals surface area contributed by atoms with Gasteiger partial charge in [-0.3, -0.25) is 0 Å². The van der Waals surface area contributed by atoms with Crippen LogP contribution in [-0.4, -0.2) is 23.0 Å². The molecule has 1 aromatic carbocycles. The lowest BCUT2D eigenvalue weighted by atomic mass is 9.94. The van der Waals surface area contributed by atoms with Crippen LogP contribution in [-0.2, 0) is 10.0 Å². The maximum Gasteiger partial charge on any atom is 0.240 e. The van der Waals surface area contributed by atoms with Crippen molar-refractivity contribution in [1.82, 2.24) is 4.72 Å². The van der Waals surface area contributed by atoms with Gasteiger partial charge in [-0.15, -0.1) is 0 Å². The number of aryl methyl sites for hydroxylation is 1. The van der Waals surface area contributed by atoms with Crippen molar-refractivity contribution >= 4 is 18.1 Å². The Labute approximate surface area is 136 Å². The quantitative estimate of drug-likeness (QED) is 0.598. The summed E-state index contributed by atoms with van der Waals surface area (Å²) in [7, 11) is -4.54. The molecule has 0 bridgehead atoms. The first-order chi connectivity index (χ1) is 9.91. The van der Waals surface area contributed by atoms with E-state index in [-0.39, 0.29) is 5.41 Å². The second-order valence-corrected chi connectivity index (χ2v) is 15.1. The largest absolute Gasteiger partial charge is 0.240 e. The molecule has 124 valence electrons. The molecule has 22 heavy (non-hydrogen) atoms. The molecule has 0 fully saturated rings. The topological polar surface area (TPSA) is 46.2 Å². The van der Waals surface area contributed by atoms with Gasteiger partial charge in [-0.25, -0.2) is 13.1 Å². The van der Waals surface area contributed by atoms with Gasteiger partial charge in [-0.2, -0.15) is 0 Å². The van der Waals surface area contributed by atoms with E-state index in [1.165, 1.54) is 0 Å². The van der Waals surface area contributed by atoms with Crippen LogP contribution in [0.5, 0.6) is 0 Å². The van der Waals surface area contributed by atoms with Gasteiger partial charge in [0.25, 0.3) is 0 Å². The summed E-state index contributed by atoms with van der Waals surface area (Å²) in [5.41, 5.74) is 0.853.